The Kier molecular flexibility index (Phi) is 9.02. The van der Waals surface area contributed by atoms with E-state index in [2.05, 4.69) is 9.99 Å². The second kappa shape index (κ2) is 9.98. The number of rotatable bonds is 4. The van der Waals surface area contributed by atoms with Gasteiger partial charge in [0.25, 0.3) is 0 Å². The standard InChI is InChI=1S/C8H9NO2.C4H10O/c1-11-9-6-7-2-4-8(10)5-3-7;1-3-5-4-2/h2-6,10H,1H3;3-4H2,1-2H3/b9-6+;. The van der Waals surface area contributed by atoms with Gasteiger partial charge in [-0.3, -0.25) is 0 Å². The van der Waals surface area contributed by atoms with E-state index in [1.807, 2.05) is 13.8 Å². The first-order valence-electron chi connectivity index (χ1n) is 5.17. The smallest absolute Gasteiger partial charge is 0.115 e. The molecular weight excluding hydrogens is 206 g/mol. The van der Waals surface area contributed by atoms with Gasteiger partial charge in [0.2, 0.25) is 0 Å². The van der Waals surface area contributed by atoms with Gasteiger partial charge < -0.3 is 14.7 Å². The summed E-state index contributed by atoms with van der Waals surface area (Å²) in [7, 11) is 1.48. The lowest BCUT2D eigenvalue weighted by Gasteiger charge is -1.91. The highest BCUT2D eigenvalue weighted by atomic mass is 16.6. The van der Waals surface area contributed by atoms with Crippen LogP contribution in [0.3, 0.4) is 0 Å². The maximum absolute atomic E-state index is 8.91. The molecule has 0 unspecified atom stereocenters. The van der Waals surface area contributed by atoms with Gasteiger partial charge >= 0.3 is 0 Å². The molecule has 0 radical (unpaired) electrons. The van der Waals surface area contributed by atoms with E-state index in [0.29, 0.717) is 0 Å². The third kappa shape index (κ3) is 7.82. The van der Waals surface area contributed by atoms with Gasteiger partial charge in [-0.2, -0.15) is 0 Å². The van der Waals surface area contributed by atoms with Crippen molar-refractivity contribution in [2.75, 3.05) is 20.3 Å². The summed E-state index contributed by atoms with van der Waals surface area (Å²) < 4.78 is 4.83. The van der Waals surface area contributed by atoms with Crippen LogP contribution in [0.5, 0.6) is 5.75 Å². The molecule has 0 bridgehead atoms. The van der Waals surface area contributed by atoms with E-state index < -0.39 is 0 Å². The Morgan fingerprint density at radius 2 is 1.75 bits per heavy atom. The van der Waals surface area contributed by atoms with Gasteiger partial charge in [-0.05, 0) is 43.7 Å². The topological polar surface area (TPSA) is 51.0 Å². The molecule has 0 fully saturated rings. The monoisotopic (exact) mass is 225 g/mol. The normalized spacial score (nSPS) is 9.69. The van der Waals surface area contributed by atoms with Crippen LogP contribution < -0.4 is 0 Å². The first-order chi connectivity index (χ1) is 7.74. The zero-order valence-corrected chi connectivity index (χ0v) is 10.0. The van der Waals surface area contributed by atoms with Gasteiger partial charge in [-0.1, -0.05) is 5.16 Å². The number of aromatic hydroxyl groups is 1. The Labute approximate surface area is 96.5 Å². The maximum atomic E-state index is 8.91. The molecule has 0 atom stereocenters. The summed E-state index contributed by atoms with van der Waals surface area (Å²) in [5, 5.41) is 12.5. The van der Waals surface area contributed by atoms with Crippen LogP contribution in [0.4, 0.5) is 0 Å². The highest BCUT2D eigenvalue weighted by molar-refractivity contribution is 5.79. The Hall–Kier alpha value is -1.55. The maximum Gasteiger partial charge on any atom is 0.115 e. The van der Waals surface area contributed by atoms with Gasteiger partial charge in [-0.15, -0.1) is 0 Å². The summed E-state index contributed by atoms with van der Waals surface area (Å²) in [5.74, 6) is 0.250. The molecule has 0 saturated carbocycles. The summed E-state index contributed by atoms with van der Waals surface area (Å²) >= 11 is 0. The van der Waals surface area contributed by atoms with Crippen LogP contribution >= 0.6 is 0 Å². The highest BCUT2D eigenvalue weighted by Crippen LogP contribution is 2.07. The van der Waals surface area contributed by atoms with Crippen LogP contribution in [0.25, 0.3) is 0 Å². The van der Waals surface area contributed by atoms with Crippen LogP contribution in [0.1, 0.15) is 19.4 Å². The van der Waals surface area contributed by atoms with Crippen LogP contribution in [0.2, 0.25) is 0 Å². The quantitative estimate of drug-likeness (QED) is 0.632. The van der Waals surface area contributed by atoms with Crippen molar-refractivity contribution in [2.45, 2.75) is 13.8 Å². The molecule has 16 heavy (non-hydrogen) atoms. The Balaban J connectivity index is 0.000000385. The lowest BCUT2D eigenvalue weighted by Crippen LogP contribution is -1.84. The van der Waals surface area contributed by atoms with Gasteiger partial charge in [0.1, 0.15) is 12.9 Å². The molecule has 0 spiro atoms. The van der Waals surface area contributed by atoms with E-state index in [9.17, 15) is 0 Å². The molecule has 90 valence electrons. The molecule has 0 saturated heterocycles. The minimum Gasteiger partial charge on any atom is -0.508 e. The van der Waals surface area contributed by atoms with Gasteiger partial charge in [0, 0.05) is 13.2 Å². The van der Waals surface area contributed by atoms with Crippen LogP contribution in [-0.2, 0) is 9.57 Å². The number of hydrogen-bond acceptors (Lipinski definition) is 4. The molecule has 0 aliphatic carbocycles. The van der Waals surface area contributed by atoms with Crippen molar-refractivity contribution in [3.05, 3.63) is 29.8 Å². The minimum atomic E-state index is 0.250. The molecular formula is C12H19NO3. The summed E-state index contributed by atoms with van der Waals surface area (Å²) in [6, 6.07) is 6.68. The number of phenolic OH excluding ortho intramolecular Hbond substituents is 1. The lowest BCUT2D eigenvalue weighted by atomic mass is 10.2. The average Bonchev–Trinajstić information content (AvgIpc) is 2.30. The molecule has 0 aromatic heterocycles. The van der Waals surface area contributed by atoms with Crippen LogP contribution in [0.15, 0.2) is 29.4 Å². The molecule has 0 amide bonds. The Morgan fingerprint density at radius 1 is 1.19 bits per heavy atom. The third-order valence-corrected chi connectivity index (χ3v) is 1.61. The zero-order chi connectivity index (χ0) is 12.2. The number of nitrogens with zero attached hydrogens (tertiary/aromatic N) is 1. The number of ether oxygens (including phenoxy) is 1. The molecule has 1 aromatic rings. The van der Waals surface area contributed by atoms with E-state index in [-0.39, 0.29) is 5.75 Å². The van der Waals surface area contributed by atoms with Crippen molar-refractivity contribution in [3.8, 4) is 5.75 Å². The molecule has 0 aliphatic rings. The fourth-order valence-electron chi connectivity index (χ4n) is 0.878. The number of phenols is 1. The SMILES string of the molecule is CCOCC.CO/N=C/c1ccc(O)cc1. The summed E-state index contributed by atoms with van der Waals surface area (Å²) in [4.78, 5) is 4.48. The lowest BCUT2D eigenvalue weighted by molar-refractivity contribution is 0.162. The molecule has 1 N–H and O–H groups in total. The summed E-state index contributed by atoms with van der Waals surface area (Å²) in [6.45, 7) is 5.67. The second-order valence-electron chi connectivity index (χ2n) is 2.79. The van der Waals surface area contributed by atoms with E-state index in [1.54, 1.807) is 30.5 Å². The molecule has 4 nitrogen and oxygen atoms in total. The molecule has 4 heteroatoms. The van der Waals surface area contributed by atoms with Crippen LogP contribution in [0, 0.1) is 0 Å². The third-order valence-electron chi connectivity index (χ3n) is 1.61. The Morgan fingerprint density at radius 3 is 2.12 bits per heavy atom. The van der Waals surface area contributed by atoms with Crippen LogP contribution in [-0.4, -0.2) is 31.6 Å². The zero-order valence-electron chi connectivity index (χ0n) is 10.0. The molecule has 1 rings (SSSR count). The molecule has 0 aliphatic heterocycles. The minimum absolute atomic E-state index is 0.250. The molecule has 0 heterocycles. The first-order valence-corrected chi connectivity index (χ1v) is 5.17. The second-order valence-corrected chi connectivity index (χ2v) is 2.79. The largest absolute Gasteiger partial charge is 0.508 e. The Bertz CT molecular complexity index is 281. The highest BCUT2D eigenvalue weighted by Gasteiger charge is 1.87. The number of benzene rings is 1. The summed E-state index contributed by atoms with van der Waals surface area (Å²) in [5.41, 5.74) is 0.893. The van der Waals surface area contributed by atoms with E-state index in [4.69, 9.17) is 9.84 Å². The van der Waals surface area contributed by atoms with Crippen molar-refractivity contribution in [2.24, 2.45) is 5.16 Å². The number of hydrogen-bond donors (Lipinski definition) is 1. The van der Waals surface area contributed by atoms with Gasteiger partial charge in [-0.25, -0.2) is 0 Å². The van der Waals surface area contributed by atoms with Gasteiger partial charge in [0.15, 0.2) is 0 Å². The number of oxime groups is 1. The fourth-order valence-corrected chi connectivity index (χ4v) is 0.878. The van der Waals surface area contributed by atoms with Crippen molar-refractivity contribution in [1.29, 1.82) is 0 Å². The van der Waals surface area contributed by atoms with Gasteiger partial charge in [0.05, 0.1) is 6.21 Å². The van der Waals surface area contributed by atoms with Crippen molar-refractivity contribution in [3.63, 3.8) is 0 Å². The summed E-state index contributed by atoms with van der Waals surface area (Å²) in [6.07, 6.45) is 1.57. The van der Waals surface area contributed by atoms with E-state index in [1.165, 1.54) is 7.11 Å². The van der Waals surface area contributed by atoms with E-state index in [0.717, 1.165) is 18.8 Å². The average molecular weight is 225 g/mol. The predicted molar refractivity (Wildman–Crippen MR) is 64.9 cm³/mol. The van der Waals surface area contributed by atoms with Crippen molar-refractivity contribution < 1.29 is 14.7 Å². The molecule has 1 aromatic carbocycles. The fraction of sp³-hybridized carbons (Fsp3) is 0.417. The van der Waals surface area contributed by atoms with Crippen molar-refractivity contribution in [1.82, 2.24) is 0 Å². The van der Waals surface area contributed by atoms with E-state index >= 15 is 0 Å². The van der Waals surface area contributed by atoms with Crippen molar-refractivity contribution >= 4 is 6.21 Å². The first kappa shape index (κ1) is 14.5. The predicted octanol–water partition coefficient (Wildman–Crippen LogP) is 2.42.